The van der Waals surface area contributed by atoms with Crippen molar-refractivity contribution >= 4 is 109 Å². The van der Waals surface area contributed by atoms with E-state index in [2.05, 4.69) is 205 Å². The zero-order valence-electron chi connectivity index (χ0n) is 35.5. The average Bonchev–Trinajstić information content (AvgIpc) is 3.76. The summed E-state index contributed by atoms with van der Waals surface area (Å²) < 4.78 is 5.37. The Bertz CT molecular complexity index is 3170. The van der Waals surface area contributed by atoms with Crippen molar-refractivity contribution in [3.8, 4) is 11.1 Å². The molecule has 0 unspecified atom stereocenters. The fourth-order valence-electron chi connectivity index (χ4n) is 9.68. The number of rotatable bonds is 2. The van der Waals surface area contributed by atoms with Crippen LogP contribution in [0.25, 0.3) is 51.5 Å². The molecule has 0 fully saturated rings. The molecular weight excluding hydrogens is 752 g/mol. The molecule has 0 radical (unpaired) electrons. The first-order valence-electron chi connectivity index (χ1n) is 21.0. The smallest absolute Gasteiger partial charge is 0.333 e. The van der Waals surface area contributed by atoms with Crippen molar-refractivity contribution in [1.29, 1.82) is 0 Å². The number of hydrogen-bond acceptors (Lipinski definition) is 4. The minimum atomic E-state index is -0.0626. The fourth-order valence-corrected chi connectivity index (χ4v) is 12.1. The van der Waals surface area contributed by atoms with Crippen LogP contribution in [0.2, 0.25) is 0 Å². The van der Waals surface area contributed by atoms with Gasteiger partial charge in [-0.2, -0.15) is 0 Å². The third-order valence-electron chi connectivity index (χ3n) is 12.9. The van der Waals surface area contributed by atoms with Crippen LogP contribution in [0.5, 0.6) is 0 Å². The van der Waals surface area contributed by atoms with Crippen LogP contribution in [-0.2, 0) is 16.2 Å². The summed E-state index contributed by atoms with van der Waals surface area (Å²) in [7, 11) is 0. The molecule has 2 aliphatic heterocycles. The SMILES string of the molecule is CC(C)(C)c1ccc(N2B3c4cc(C(C)(C)C)ccc4N(c4ccc(C(C)(C)C)cc4)c4cc5c(sc6ccccc65)c(c43)-c3cc4sc5ccccc5c4cc32)cc1. The van der Waals surface area contributed by atoms with Crippen LogP contribution >= 0.6 is 22.7 Å². The topological polar surface area (TPSA) is 6.48 Å². The first-order valence-corrected chi connectivity index (χ1v) is 22.7. The van der Waals surface area contributed by atoms with E-state index in [-0.39, 0.29) is 23.1 Å². The fraction of sp³-hybridized carbons (Fsp3) is 0.222. The highest BCUT2D eigenvalue weighted by Gasteiger charge is 2.47. The molecule has 2 aromatic heterocycles. The molecule has 0 atom stereocenters. The van der Waals surface area contributed by atoms with E-state index >= 15 is 0 Å². The molecule has 11 rings (SSSR count). The largest absolute Gasteiger partial charge is 0.376 e. The van der Waals surface area contributed by atoms with E-state index in [0.29, 0.717) is 0 Å². The number of nitrogens with zero attached hydrogens (tertiary/aromatic N) is 2. The van der Waals surface area contributed by atoms with Crippen molar-refractivity contribution in [2.75, 3.05) is 9.71 Å². The Morgan fingerprint density at radius 2 is 0.983 bits per heavy atom. The second-order valence-electron chi connectivity index (χ2n) is 19.8. The number of fused-ring (bicyclic) bond motifs is 11. The Kier molecular flexibility index (Phi) is 7.83. The van der Waals surface area contributed by atoms with Crippen LogP contribution in [0.4, 0.5) is 28.4 Å². The van der Waals surface area contributed by atoms with E-state index in [1.54, 1.807) is 0 Å². The normalized spacial score (nSPS) is 14.1. The summed E-state index contributed by atoms with van der Waals surface area (Å²) >= 11 is 3.87. The third-order valence-corrected chi connectivity index (χ3v) is 15.3. The van der Waals surface area contributed by atoms with Crippen LogP contribution in [0, 0.1) is 0 Å². The zero-order chi connectivity index (χ0) is 40.7. The third kappa shape index (κ3) is 5.57. The molecule has 0 saturated heterocycles. The van der Waals surface area contributed by atoms with Crippen LogP contribution in [-0.4, -0.2) is 6.85 Å². The summed E-state index contributed by atoms with van der Waals surface area (Å²) in [5.74, 6) is 0. The van der Waals surface area contributed by atoms with Crippen molar-refractivity contribution in [2.24, 2.45) is 0 Å². The van der Waals surface area contributed by atoms with E-state index in [1.165, 1.54) is 108 Å². The Hall–Kier alpha value is -5.36. The Balaban J connectivity index is 1.31. The molecule has 5 heteroatoms. The average molecular weight is 801 g/mol. The molecule has 0 aliphatic carbocycles. The second kappa shape index (κ2) is 12.6. The van der Waals surface area contributed by atoms with Gasteiger partial charge >= 0.3 is 6.85 Å². The van der Waals surface area contributed by atoms with Gasteiger partial charge in [-0.15, -0.1) is 22.7 Å². The van der Waals surface area contributed by atoms with Gasteiger partial charge in [-0.05, 0) is 105 Å². The molecule has 0 saturated carbocycles. The highest BCUT2D eigenvalue weighted by molar-refractivity contribution is 7.27. The van der Waals surface area contributed by atoms with E-state index in [0.717, 1.165) is 0 Å². The van der Waals surface area contributed by atoms with E-state index in [4.69, 9.17) is 0 Å². The van der Waals surface area contributed by atoms with Crippen molar-refractivity contribution < 1.29 is 0 Å². The molecule has 2 nitrogen and oxygen atoms in total. The standard InChI is InChI=1S/C54H49BN2S2/c1-52(2,3)32-18-23-35(24-19-32)56-43-27-22-34(54(7,8)9)28-42(43)55-50-45(56)30-40-38-15-11-13-17-47(38)59-51(40)49(50)41-31-48-39(37-14-10-12-16-46(37)58-48)29-44(41)57(55)36-25-20-33(21-26-36)53(4,5)6/h10-31H,1-9H3. The zero-order valence-corrected chi connectivity index (χ0v) is 37.1. The first kappa shape index (κ1) is 36.7. The van der Waals surface area contributed by atoms with Crippen molar-refractivity contribution in [3.63, 3.8) is 0 Å². The van der Waals surface area contributed by atoms with Crippen molar-refractivity contribution in [3.05, 3.63) is 150 Å². The molecule has 290 valence electrons. The highest BCUT2D eigenvalue weighted by atomic mass is 32.1. The predicted molar refractivity (Wildman–Crippen MR) is 262 cm³/mol. The highest BCUT2D eigenvalue weighted by Crippen LogP contribution is 2.54. The maximum Gasteiger partial charge on any atom is 0.333 e. The number of anilines is 5. The number of benzene rings is 7. The molecule has 0 amide bonds. The molecule has 0 bridgehead atoms. The monoisotopic (exact) mass is 800 g/mol. The van der Waals surface area contributed by atoms with Crippen LogP contribution in [0.3, 0.4) is 0 Å². The molecule has 7 aromatic carbocycles. The van der Waals surface area contributed by atoms with Gasteiger partial charge < -0.3 is 9.71 Å². The van der Waals surface area contributed by atoms with Crippen LogP contribution in [0.15, 0.2) is 133 Å². The van der Waals surface area contributed by atoms with Crippen molar-refractivity contribution in [2.45, 2.75) is 78.6 Å². The summed E-state index contributed by atoms with van der Waals surface area (Å²) in [5.41, 5.74) is 15.7. The summed E-state index contributed by atoms with van der Waals surface area (Å²) in [4.78, 5) is 5.28. The van der Waals surface area contributed by atoms with Gasteiger partial charge in [-0.25, -0.2) is 0 Å². The van der Waals surface area contributed by atoms with Crippen LogP contribution < -0.4 is 20.6 Å². The summed E-state index contributed by atoms with van der Waals surface area (Å²) in [5, 5.41) is 5.31. The molecule has 59 heavy (non-hydrogen) atoms. The van der Waals surface area contributed by atoms with Gasteiger partial charge in [-0.1, -0.05) is 135 Å². The van der Waals surface area contributed by atoms with Gasteiger partial charge in [0.1, 0.15) is 0 Å². The molecule has 4 heterocycles. The van der Waals surface area contributed by atoms with E-state index < -0.39 is 0 Å². The molecule has 2 aliphatic rings. The maximum absolute atomic E-state index is 2.70. The Labute approximate surface area is 356 Å². The van der Waals surface area contributed by atoms with Gasteiger partial charge in [0.05, 0.1) is 0 Å². The van der Waals surface area contributed by atoms with Crippen LogP contribution in [0.1, 0.15) is 79.0 Å². The minimum Gasteiger partial charge on any atom is -0.376 e. The van der Waals surface area contributed by atoms with Gasteiger partial charge in [0.25, 0.3) is 0 Å². The van der Waals surface area contributed by atoms with Gasteiger partial charge in [0, 0.05) is 79.9 Å². The first-order chi connectivity index (χ1) is 28.1. The molecule has 0 N–H and O–H groups in total. The van der Waals surface area contributed by atoms with E-state index in [9.17, 15) is 0 Å². The quantitative estimate of drug-likeness (QED) is 0.161. The van der Waals surface area contributed by atoms with Gasteiger partial charge in [0.2, 0.25) is 0 Å². The molecule has 0 spiro atoms. The summed E-state index contributed by atoms with van der Waals surface area (Å²) in [6.45, 7) is 20.8. The van der Waals surface area contributed by atoms with Gasteiger partial charge in [-0.3, -0.25) is 0 Å². The molecule has 9 aromatic rings. The lowest BCUT2D eigenvalue weighted by atomic mass is 9.43. The Morgan fingerprint density at radius 1 is 0.441 bits per heavy atom. The minimum absolute atomic E-state index is 0.0275. The lowest BCUT2D eigenvalue weighted by molar-refractivity contribution is 0.590. The number of thiophene rings is 2. The predicted octanol–water partition coefficient (Wildman–Crippen LogP) is 15.0. The second-order valence-corrected chi connectivity index (χ2v) is 22.0. The molecular formula is C54H49BN2S2. The maximum atomic E-state index is 2.70. The van der Waals surface area contributed by atoms with E-state index in [1.807, 2.05) is 22.7 Å². The lowest BCUT2D eigenvalue weighted by Crippen LogP contribution is -2.61. The number of hydrogen-bond donors (Lipinski definition) is 0. The Morgan fingerprint density at radius 3 is 1.61 bits per heavy atom. The van der Waals surface area contributed by atoms with Gasteiger partial charge in [0.15, 0.2) is 0 Å². The lowest BCUT2D eigenvalue weighted by Gasteiger charge is -2.46. The summed E-state index contributed by atoms with van der Waals surface area (Å²) in [6.07, 6.45) is 0. The summed E-state index contributed by atoms with van der Waals surface area (Å²) in [6, 6.07) is 51.7. The van der Waals surface area contributed by atoms with Crippen molar-refractivity contribution in [1.82, 2.24) is 0 Å².